The Balaban J connectivity index is 1.71. The molecule has 0 bridgehead atoms. The summed E-state index contributed by atoms with van der Waals surface area (Å²) in [6, 6.07) is 1.76. The molecule has 0 radical (unpaired) electrons. The van der Waals surface area contributed by atoms with Gasteiger partial charge in [0.15, 0.2) is 5.82 Å². The molecule has 1 aliphatic rings. The third-order valence-electron chi connectivity index (χ3n) is 3.70. The first kappa shape index (κ1) is 12.0. The smallest absolute Gasteiger partial charge is 0.259 e. The maximum absolute atomic E-state index is 12.5. The molecule has 4 heterocycles. The molecular weight excluding hydrogens is 268 g/mol. The van der Waals surface area contributed by atoms with E-state index in [0.29, 0.717) is 11.4 Å². The number of nitrogens with one attached hydrogen (secondary N) is 2. The Morgan fingerprint density at radius 1 is 1.43 bits per heavy atom. The predicted molar refractivity (Wildman–Crippen MR) is 76.9 cm³/mol. The summed E-state index contributed by atoms with van der Waals surface area (Å²) in [7, 11) is 1.81. The number of carbonyl (C=O) groups excluding carboxylic acids is 1. The maximum atomic E-state index is 12.5. The number of hydrogen-bond donors (Lipinski definition) is 2. The first-order chi connectivity index (χ1) is 10.2. The van der Waals surface area contributed by atoms with Gasteiger partial charge in [-0.15, -0.1) is 0 Å². The predicted octanol–water partition coefficient (Wildman–Crippen LogP) is 1.42. The summed E-state index contributed by atoms with van der Waals surface area (Å²) >= 11 is 0. The number of aromatic amines is 1. The van der Waals surface area contributed by atoms with Gasteiger partial charge in [-0.3, -0.25) is 9.48 Å². The van der Waals surface area contributed by atoms with Crippen LogP contribution in [0.4, 0.5) is 5.82 Å². The van der Waals surface area contributed by atoms with Crippen molar-refractivity contribution in [2.75, 3.05) is 5.32 Å². The molecule has 21 heavy (non-hydrogen) atoms. The average molecular weight is 282 g/mol. The highest BCUT2D eigenvalue weighted by atomic mass is 16.1. The van der Waals surface area contributed by atoms with Crippen molar-refractivity contribution in [3.05, 3.63) is 42.1 Å². The summed E-state index contributed by atoms with van der Waals surface area (Å²) in [5.41, 5.74) is 2.54. The third kappa shape index (κ3) is 1.85. The average Bonchev–Trinajstić information content (AvgIpc) is 3.15. The molecule has 7 nitrogen and oxygen atoms in total. The van der Waals surface area contributed by atoms with Gasteiger partial charge >= 0.3 is 0 Å². The molecule has 0 saturated carbocycles. The van der Waals surface area contributed by atoms with Crippen LogP contribution in [0.3, 0.4) is 0 Å². The van der Waals surface area contributed by atoms with E-state index in [0.717, 1.165) is 30.0 Å². The number of nitrogens with zero attached hydrogens (tertiary/aromatic N) is 4. The van der Waals surface area contributed by atoms with Gasteiger partial charge in [0, 0.05) is 56.6 Å². The standard InChI is InChI=1S/C14H14N6O/c1-19-5-3-11(18-19)17-14(21)9-8-16-10-2-6-20-7-4-15-13(20)12(9)10/h3-5,7-8,16H,2,6H2,1H3,(H,17,18,21). The van der Waals surface area contributed by atoms with Gasteiger partial charge in [-0.2, -0.15) is 5.10 Å². The Hall–Kier alpha value is -2.83. The summed E-state index contributed by atoms with van der Waals surface area (Å²) in [6.07, 6.45) is 8.10. The van der Waals surface area contributed by atoms with Crippen LogP contribution in [0.25, 0.3) is 11.4 Å². The number of hydrogen-bond acceptors (Lipinski definition) is 3. The van der Waals surface area contributed by atoms with E-state index in [4.69, 9.17) is 0 Å². The van der Waals surface area contributed by atoms with Crippen molar-refractivity contribution in [2.24, 2.45) is 7.05 Å². The molecular formula is C14H14N6O. The zero-order valence-electron chi connectivity index (χ0n) is 11.5. The molecule has 0 unspecified atom stereocenters. The zero-order valence-corrected chi connectivity index (χ0v) is 11.5. The molecule has 4 rings (SSSR count). The van der Waals surface area contributed by atoms with Crippen molar-refractivity contribution in [1.82, 2.24) is 24.3 Å². The first-order valence-corrected chi connectivity index (χ1v) is 6.75. The second-order valence-electron chi connectivity index (χ2n) is 5.08. The first-order valence-electron chi connectivity index (χ1n) is 6.75. The molecule has 0 fully saturated rings. The SMILES string of the molecule is Cn1ccc(NC(=O)c2c[nH]c3c2-c2nccn2CC3)n1. The van der Waals surface area contributed by atoms with Crippen molar-refractivity contribution < 1.29 is 4.79 Å². The highest BCUT2D eigenvalue weighted by Crippen LogP contribution is 2.31. The molecule has 1 amide bonds. The Bertz CT molecular complexity index is 824. The number of aromatic nitrogens is 5. The number of anilines is 1. The van der Waals surface area contributed by atoms with Gasteiger partial charge in [0.25, 0.3) is 5.91 Å². The van der Waals surface area contributed by atoms with Gasteiger partial charge in [-0.1, -0.05) is 0 Å². The Morgan fingerprint density at radius 2 is 2.33 bits per heavy atom. The highest BCUT2D eigenvalue weighted by Gasteiger charge is 2.25. The molecule has 2 N–H and O–H groups in total. The molecule has 1 aliphatic heterocycles. The van der Waals surface area contributed by atoms with Crippen LogP contribution in [0, 0.1) is 0 Å². The summed E-state index contributed by atoms with van der Waals surface area (Å²) in [5, 5.41) is 6.97. The van der Waals surface area contributed by atoms with E-state index >= 15 is 0 Å². The van der Waals surface area contributed by atoms with Crippen LogP contribution in [0.5, 0.6) is 0 Å². The molecule has 106 valence electrons. The number of fused-ring (bicyclic) bond motifs is 3. The molecule has 0 atom stereocenters. The lowest BCUT2D eigenvalue weighted by molar-refractivity contribution is 0.102. The second kappa shape index (κ2) is 4.34. The lowest BCUT2D eigenvalue weighted by atomic mass is 10.0. The quantitative estimate of drug-likeness (QED) is 0.746. The third-order valence-corrected chi connectivity index (χ3v) is 3.70. The van der Waals surface area contributed by atoms with Gasteiger partial charge in [0.2, 0.25) is 0 Å². The van der Waals surface area contributed by atoms with E-state index in [9.17, 15) is 4.79 Å². The molecule has 0 aromatic carbocycles. The van der Waals surface area contributed by atoms with Gasteiger partial charge in [-0.25, -0.2) is 4.98 Å². The minimum absolute atomic E-state index is 0.178. The Kier molecular flexibility index (Phi) is 2.47. The number of imidazole rings is 1. The number of amides is 1. The number of carbonyl (C=O) groups is 1. The summed E-state index contributed by atoms with van der Waals surface area (Å²) < 4.78 is 3.71. The van der Waals surface area contributed by atoms with Crippen LogP contribution in [0.2, 0.25) is 0 Å². The summed E-state index contributed by atoms with van der Waals surface area (Å²) in [5.74, 6) is 1.20. The molecule has 3 aromatic rings. The number of aryl methyl sites for hydroxylation is 3. The molecule has 0 saturated heterocycles. The Labute approximate surface area is 120 Å². The fourth-order valence-corrected chi connectivity index (χ4v) is 2.71. The fourth-order valence-electron chi connectivity index (χ4n) is 2.71. The van der Waals surface area contributed by atoms with E-state index in [-0.39, 0.29) is 5.91 Å². The minimum Gasteiger partial charge on any atom is -0.364 e. The van der Waals surface area contributed by atoms with Crippen molar-refractivity contribution in [2.45, 2.75) is 13.0 Å². The fraction of sp³-hybridized carbons (Fsp3) is 0.214. The van der Waals surface area contributed by atoms with E-state index in [1.165, 1.54) is 0 Å². The zero-order chi connectivity index (χ0) is 14.4. The van der Waals surface area contributed by atoms with E-state index < -0.39 is 0 Å². The van der Waals surface area contributed by atoms with Gasteiger partial charge in [0.1, 0.15) is 5.82 Å². The van der Waals surface area contributed by atoms with E-state index in [2.05, 4.69) is 25.0 Å². The van der Waals surface area contributed by atoms with Crippen molar-refractivity contribution in [3.8, 4) is 11.4 Å². The van der Waals surface area contributed by atoms with Crippen molar-refractivity contribution in [3.63, 3.8) is 0 Å². The number of rotatable bonds is 2. The normalized spacial score (nSPS) is 12.8. The molecule has 3 aromatic heterocycles. The van der Waals surface area contributed by atoms with Crippen molar-refractivity contribution >= 4 is 11.7 Å². The van der Waals surface area contributed by atoms with Crippen LogP contribution < -0.4 is 5.32 Å². The monoisotopic (exact) mass is 282 g/mol. The van der Waals surface area contributed by atoms with Crippen molar-refractivity contribution in [1.29, 1.82) is 0 Å². The lowest BCUT2D eigenvalue weighted by Crippen LogP contribution is -2.16. The lowest BCUT2D eigenvalue weighted by Gasteiger charge is -2.15. The van der Waals surface area contributed by atoms with Gasteiger partial charge < -0.3 is 14.9 Å². The maximum Gasteiger partial charge on any atom is 0.259 e. The second-order valence-corrected chi connectivity index (χ2v) is 5.08. The van der Waals surface area contributed by atoms with Gasteiger partial charge in [0.05, 0.1) is 11.1 Å². The molecule has 0 aliphatic carbocycles. The van der Waals surface area contributed by atoms with Crippen LogP contribution >= 0.6 is 0 Å². The topological polar surface area (TPSA) is 80.5 Å². The summed E-state index contributed by atoms with van der Waals surface area (Å²) in [4.78, 5) is 20.0. The minimum atomic E-state index is -0.178. The van der Waals surface area contributed by atoms with Crippen LogP contribution in [0.15, 0.2) is 30.9 Å². The van der Waals surface area contributed by atoms with Crippen LogP contribution in [-0.2, 0) is 20.0 Å². The van der Waals surface area contributed by atoms with E-state index in [1.54, 1.807) is 29.3 Å². The number of H-pyrrole nitrogens is 1. The van der Waals surface area contributed by atoms with Gasteiger partial charge in [-0.05, 0) is 0 Å². The largest absolute Gasteiger partial charge is 0.364 e. The van der Waals surface area contributed by atoms with Crippen LogP contribution in [-0.4, -0.2) is 30.2 Å². The highest BCUT2D eigenvalue weighted by molar-refractivity contribution is 6.08. The van der Waals surface area contributed by atoms with E-state index in [1.807, 2.05) is 13.2 Å². The molecule has 7 heteroatoms. The van der Waals surface area contributed by atoms with Crippen LogP contribution in [0.1, 0.15) is 16.1 Å². The molecule has 0 spiro atoms. The Morgan fingerprint density at radius 3 is 3.14 bits per heavy atom. The summed E-state index contributed by atoms with van der Waals surface area (Å²) in [6.45, 7) is 0.879.